The van der Waals surface area contributed by atoms with Crippen molar-refractivity contribution in [3.05, 3.63) is 23.9 Å². The first kappa shape index (κ1) is 14.8. The van der Waals surface area contributed by atoms with Crippen LogP contribution in [0.1, 0.15) is 37.8 Å². The molecular weight excluding hydrogens is 260 g/mol. The highest BCUT2D eigenvalue weighted by molar-refractivity contribution is 5.49. The van der Waals surface area contributed by atoms with E-state index in [1.807, 2.05) is 6.20 Å². The van der Waals surface area contributed by atoms with Gasteiger partial charge >= 0.3 is 0 Å². The summed E-state index contributed by atoms with van der Waals surface area (Å²) in [5.41, 5.74) is 1.45. The molecule has 0 saturated carbocycles. The Morgan fingerprint density at radius 2 is 1.95 bits per heavy atom. The molecule has 21 heavy (non-hydrogen) atoms. The minimum absolute atomic E-state index is 0.562. The largest absolute Gasteiger partial charge is 0.354 e. The number of likely N-dealkylation sites (N-methyl/N-ethyl adjacent to an activating group) is 1. The maximum absolute atomic E-state index is 4.75. The van der Waals surface area contributed by atoms with Crippen molar-refractivity contribution in [3.8, 4) is 0 Å². The number of aromatic nitrogens is 1. The number of anilines is 1. The van der Waals surface area contributed by atoms with Crippen LogP contribution < -0.4 is 4.90 Å². The lowest BCUT2D eigenvalue weighted by Crippen LogP contribution is -2.45. The van der Waals surface area contributed by atoms with Crippen LogP contribution in [0.4, 0.5) is 5.82 Å². The minimum Gasteiger partial charge on any atom is -0.354 e. The molecule has 0 aromatic carbocycles. The van der Waals surface area contributed by atoms with Gasteiger partial charge in [-0.05, 0) is 39.0 Å². The van der Waals surface area contributed by atoms with Crippen LogP contribution in [0.5, 0.6) is 0 Å². The van der Waals surface area contributed by atoms with Crippen LogP contribution in [0.25, 0.3) is 0 Å². The molecule has 4 nitrogen and oxygen atoms in total. The van der Waals surface area contributed by atoms with E-state index in [2.05, 4.69) is 40.8 Å². The molecular formula is C17H28N4. The van der Waals surface area contributed by atoms with Crippen LogP contribution in [0.15, 0.2) is 18.3 Å². The first-order chi connectivity index (χ1) is 10.3. The van der Waals surface area contributed by atoms with Crippen molar-refractivity contribution in [2.24, 2.45) is 0 Å². The standard InChI is InChI=1S/C17H28N4/c1-3-20-10-5-4-8-16(20)15-7-6-9-18-17(15)21-13-11-19(2)12-14-21/h6-7,9,16H,3-5,8,10-14H2,1-2H3/t16-/m1/s1. The fraction of sp³-hybridized carbons (Fsp3) is 0.706. The van der Waals surface area contributed by atoms with Gasteiger partial charge in [0.25, 0.3) is 0 Å². The molecule has 4 heteroatoms. The maximum Gasteiger partial charge on any atom is 0.133 e. The highest BCUT2D eigenvalue weighted by Crippen LogP contribution is 2.35. The van der Waals surface area contributed by atoms with Crippen LogP contribution >= 0.6 is 0 Å². The summed E-state index contributed by atoms with van der Waals surface area (Å²) in [5, 5.41) is 0. The van der Waals surface area contributed by atoms with Crippen LogP contribution in [-0.2, 0) is 0 Å². The number of piperazine rings is 1. The molecule has 1 aromatic rings. The third-order valence-electron chi connectivity index (χ3n) is 5.00. The lowest BCUT2D eigenvalue weighted by molar-refractivity contribution is 0.157. The summed E-state index contributed by atoms with van der Waals surface area (Å²) in [6.07, 6.45) is 5.92. The monoisotopic (exact) mass is 288 g/mol. The quantitative estimate of drug-likeness (QED) is 0.851. The first-order valence-corrected chi connectivity index (χ1v) is 8.42. The van der Waals surface area contributed by atoms with Gasteiger partial charge in [-0.2, -0.15) is 0 Å². The average Bonchev–Trinajstić information content (AvgIpc) is 2.55. The highest BCUT2D eigenvalue weighted by atomic mass is 15.3. The molecule has 0 bridgehead atoms. The van der Waals surface area contributed by atoms with Crippen molar-refractivity contribution in [1.82, 2.24) is 14.8 Å². The Hall–Kier alpha value is -1.13. The van der Waals surface area contributed by atoms with E-state index in [0.29, 0.717) is 6.04 Å². The summed E-state index contributed by atoms with van der Waals surface area (Å²) >= 11 is 0. The molecule has 2 saturated heterocycles. The number of nitrogens with zero attached hydrogens (tertiary/aromatic N) is 4. The van der Waals surface area contributed by atoms with Crippen molar-refractivity contribution in [2.75, 3.05) is 51.2 Å². The van der Waals surface area contributed by atoms with Gasteiger partial charge in [0.1, 0.15) is 5.82 Å². The van der Waals surface area contributed by atoms with E-state index < -0.39 is 0 Å². The SMILES string of the molecule is CCN1CCCC[C@@H]1c1cccnc1N1CCN(C)CC1. The van der Waals surface area contributed by atoms with Crippen LogP contribution in [-0.4, -0.2) is 61.1 Å². The number of likely N-dealkylation sites (tertiary alicyclic amines) is 1. The Labute approximate surface area is 128 Å². The molecule has 0 N–H and O–H groups in total. The van der Waals surface area contributed by atoms with Crippen molar-refractivity contribution in [1.29, 1.82) is 0 Å². The summed E-state index contributed by atoms with van der Waals surface area (Å²) in [4.78, 5) is 12.3. The second-order valence-corrected chi connectivity index (χ2v) is 6.35. The fourth-order valence-electron chi connectivity index (χ4n) is 3.67. The van der Waals surface area contributed by atoms with Gasteiger partial charge in [0.05, 0.1) is 0 Å². The third kappa shape index (κ3) is 3.22. The lowest BCUT2D eigenvalue weighted by atomic mass is 9.95. The second kappa shape index (κ2) is 6.75. The van der Waals surface area contributed by atoms with E-state index in [0.717, 1.165) is 32.7 Å². The van der Waals surface area contributed by atoms with E-state index in [-0.39, 0.29) is 0 Å². The molecule has 2 aliphatic rings. The Morgan fingerprint density at radius 1 is 1.14 bits per heavy atom. The van der Waals surface area contributed by atoms with Crippen LogP contribution in [0.2, 0.25) is 0 Å². The van der Waals surface area contributed by atoms with Gasteiger partial charge in [0, 0.05) is 44.0 Å². The Morgan fingerprint density at radius 3 is 2.71 bits per heavy atom. The van der Waals surface area contributed by atoms with Gasteiger partial charge in [-0.25, -0.2) is 4.98 Å². The van der Waals surface area contributed by atoms with E-state index in [9.17, 15) is 0 Å². The molecule has 1 atom stereocenters. The second-order valence-electron chi connectivity index (χ2n) is 6.35. The molecule has 0 spiro atoms. The topological polar surface area (TPSA) is 22.6 Å². The minimum atomic E-state index is 0.562. The Kier molecular flexibility index (Phi) is 4.76. The van der Waals surface area contributed by atoms with Gasteiger partial charge in [-0.1, -0.05) is 19.4 Å². The molecule has 116 valence electrons. The van der Waals surface area contributed by atoms with Crippen molar-refractivity contribution in [2.45, 2.75) is 32.2 Å². The zero-order valence-electron chi connectivity index (χ0n) is 13.5. The molecule has 0 unspecified atom stereocenters. The number of hydrogen-bond donors (Lipinski definition) is 0. The molecule has 0 aliphatic carbocycles. The Bertz CT molecular complexity index is 454. The number of piperidine rings is 1. The van der Waals surface area contributed by atoms with Crippen molar-refractivity contribution < 1.29 is 0 Å². The molecule has 2 aliphatic heterocycles. The summed E-state index contributed by atoms with van der Waals surface area (Å²) in [6.45, 7) is 9.12. The van der Waals surface area contributed by atoms with Crippen LogP contribution in [0.3, 0.4) is 0 Å². The van der Waals surface area contributed by atoms with Gasteiger partial charge in [0.15, 0.2) is 0 Å². The van der Waals surface area contributed by atoms with Gasteiger partial charge < -0.3 is 9.80 Å². The number of rotatable bonds is 3. The normalized spacial score (nSPS) is 25.2. The first-order valence-electron chi connectivity index (χ1n) is 8.42. The lowest BCUT2D eigenvalue weighted by Gasteiger charge is -2.39. The zero-order valence-corrected chi connectivity index (χ0v) is 13.5. The molecule has 3 rings (SSSR count). The van der Waals surface area contributed by atoms with E-state index in [4.69, 9.17) is 4.98 Å². The average molecular weight is 288 g/mol. The van der Waals surface area contributed by atoms with Gasteiger partial charge in [-0.3, -0.25) is 4.90 Å². The fourth-order valence-corrected chi connectivity index (χ4v) is 3.67. The summed E-state index contributed by atoms with van der Waals surface area (Å²) in [7, 11) is 2.20. The highest BCUT2D eigenvalue weighted by Gasteiger charge is 2.27. The molecule has 2 fully saturated rings. The van der Waals surface area contributed by atoms with Crippen molar-refractivity contribution >= 4 is 5.82 Å². The molecule has 3 heterocycles. The predicted octanol–water partition coefficient (Wildman–Crippen LogP) is 2.38. The molecule has 0 amide bonds. The van der Waals surface area contributed by atoms with E-state index >= 15 is 0 Å². The maximum atomic E-state index is 4.75. The zero-order chi connectivity index (χ0) is 14.7. The molecule has 1 aromatic heterocycles. The summed E-state index contributed by atoms with van der Waals surface area (Å²) in [5.74, 6) is 1.23. The third-order valence-corrected chi connectivity index (χ3v) is 5.00. The van der Waals surface area contributed by atoms with Crippen LogP contribution in [0, 0.1) is 0 Å². The van der Waals surface area contributed by atoms with Crippen molar-refractivity contribution in [3.63, 3.8) is 0 Å². The smallest absolute Gasteiger partial charge is 0.133 e. The van der Waals surface area contributed by atoms with Gasteiger partial charge in [-0.15, -0.1) is 0 Å². The van der Waals surface area contributed by atoms with Gasteiger partial charge in [0.2, 0.25) is 0 Å². The molecule has 0 radical (unpaired) electrons. The number of pyridine rings is 1. The summed E-state index contributed by atoms with van der Waals surface area (Å²) in [6, 6.07) is 4.98. The number of hydrogen-bond acceptors (Lipinski definition) is 4. The summed E-state index contributed by atoms with van der Waals surface area (Å²) < 4.78 is 0. The van der Waals surface area contributed by atoms with E-state index in [1.165, 1.54) is 37.2 Å². The predicted molar refractivity (Wildman–Crippen MR) is 87.8 cm³/mol. The Balaban J connectivity index is 1.85. The van der Waals surface area contributed by atoms with E-state index in [1.54, 1.807) is 0 Å².